The van der Waals surface area contributed by atoms with Crippen molar-refractivity contribution in [1.29, 1.82) is 0 Å². The Bertz CT molecular complexity index is 992. The number of terminal acetylenes is 1. The largest absolute Gasteiger partial charge is 0.444 e. The lowest BCUT2D eigenvalue weighted by Crippen LogP contribution is -2.54. The lowest BCUT2D eigenvalue weighted by molar-refractivity contribution is -0.143. The van der Waals surface area contributed by atoms with Crippen molar-refractivity contribution in [2.24, 2.45) is 5.92 Å². The van der Waals surface area contributed by atoms with Gasteiger partial charge in [0, 0.05) is 18.2 Å². The summed E-state index contributed by atoms with van der Waals surface area (Å²) in [6.07, 6.45) is 13.6. The Morgan fingerprint density at radius 2 is 1.59 bits per heavy atom. The standard InChI is InChI=1S/C34H55N3O4/c1-10-13-14-15-16-19-23-37(32(39)29(24-25(4)5)36-33(40)41-34(7,8)9)30(31(38)35-26(6)20-11-2)28-22-18-17-21-27(28)12-3/h3,17-18,21-22,25-26,29-30H,10-11,13-16,19-20,23-24H2,1-2,4-9H3,(H,35,38)(H,36,40). The third kappa shape index (κ3) is 13.5. The van der Waals surface area contributed by atoms with E-state index in [1.807, 2.05) is 39.0 Å². The zero-order chi connectivity index (χ0) is 31.0. The van der Waals surface area contributed by atoms with Crippen LogP contribution in [0.2, 0.25) is 0 Å². The lowest BCUT2D eigenvalue weighted by Gasteiger charge is -2.36. The molecule has 0 radical (unpaired) electrons. The molecule has 1 rings (SSSR count). The van der Waals surface area contributed by atoms with Crippen molar-refractivity contribution < 1.29 is 19.1 Å². The summed E-state index contributed by atoms with van der Waals surface area (Å²) in [5, 5.41) is 5.94. The van der Waals surface area contributed by atoms with Gasteiger partial charge in [0.05, 0.1) is 0 Å². The van der Waals surface area contributed by atoms with E-state index in [9.17, 15) is 14.4 Å². The van der Waals surface area contributed by atoms with Gasteiger partial charge in [-0.3, -0.25) is 9.59 Å². The van der Waals surface area contributed by atoms with Gasteiger partial charge >= 0.3 is 6.09 Å². The molecule has 41 heavy (non-hydrogen) atoms. The van der Waals surface area contributed by atoms with Crippen molar-refractivity contribution in [3.05, 3.63) is 35.4 Å². The van der Waals surface area contributed by atoms with Crippen LogP contribution in [0, 0.1) is 18.3 Å². The lowest BCUT2D eigenvalue weighted by atomic mass is 9.95. The zero-order valence-corrected chi connectivity index (χ0v) is 26.8. The Morgan fingerprint density at radius 3 is 2.17 bits per heavy atom. The van der Waals surface area contributed by atoms with Gasteiger partial charge in [-0.15, -0.1) is 6.42 Å². The highest BCUT2D eigenvalue weighted by molar-refractivity contribution is 5.92. The number of unbranched alkanes of at least 4 members (excludes halogenated alkanes) is 5. The molecule has 7 heteroatoms. The number of ether oxygens (including phenoxy) is 1. The number of carbonyl (C=O) groups is 3. The van der Waals surface area contributed by atoms with Crippen molar-refractivity contribution in [2.75, 3.05) is 6.54 Å². The van der Waals surface area contributed by atoms with Crippen molar-refractivity contribution in [3.63, 3.8) is 0 Å². The molecule has 3 unspecified atom stereocenters. The Morgan fingerprint density at radius 1 is 0.951 bits per heavy atom. The summed E-state index contributed by atoms with van der Waals surface area (Å²) in [6.45, 7) is 15.9. The number of benzene rings is 1. The Balaban J connectivity index is 3.56. The predicted molar refractivity (Wildman–Crippen MR) is 167 cm³/mol. The summed E-state index contributed by atoms with van der Waals surface area (Å²) in [5.41, 5.74) is 0.463. The highest BCUT2D eigenvalue weighted by atomic mass is 16.6. The fourth-order valence-electron chi connectivity index (χ4n) is 4.92. The SMILES string of the molecule is C#Cc1ccccc1C(C(=O)NC(C)CCC)N(CCCCCCCC)C(=O)C(CC(C)C)NC(=O)OC(C)(C)C. The molecule has 1 aromatic rings. The first-order chi connectivity index (χ1) is 19.3. The Hall–Kier alpha value is -3.01. The minimum atomic E-state index is -0.931. The number of hydrogen-bond acceptors (Lipinski definition) is 4. The average molecular weight is 570 g/mol. The molecule has 3 atom stereocenters. The van der Waals surface area contributed by atoms with Crippen LogP contribution in [0.1, 0.15) is 130 Å². The summed E-state index contributed by atoms with van der Waals surface area (Å²) in [7, 11) is 0. The highest BCUT2D eigenvalue weighted by Crippen LogP contribution is 2.27. The van der Waals surface area contributed by atoms with Crippen molar-refractivity contribution in [2.45, 2.75) is 137 Å². The molecule has 0 aliphatic heterocycles. The fraction of sp³-hybridized carbons (Fsp3) is 0.676. The first-order valence-electron chi connectivity index (χ1n) is 15.5. The van der Waals surface area contributed by atoms with Crippen LogP contribution in [-0.2, 0) is 14.3 Å². The maximum atomic E-state index is 14.4. The number of alkyl carbamates (subject to hydrolysis) is 1. The molecule has 0 spiro atoms. The quantitative estimate of drug-likeness (QED) is 0.154. The Labute approximate surface area is 249 Å². The number of nitrogens with one attached hydrogen (secondary N) is 2. The molecule has 2 N–H and O–H groups in total. The molecular weight excluding hydrogens is 514 g/mol. The monoisotopic (exact) mass is 569 g/mol. The van der Waals surface area contributed by atoms with Crippen LogP contribution in [0.25, 0.3) is 0 Å². The fourth-order valence-corrected chi connectivity index (χ4v) is 4.92. The first kappa shape index (κ1) is 36.0. The second-order valence-corrected chi connectivity index (χ2v) is 12.5. The molecule has 0 fully saturated rings. The number of rotatable bonds is 17. The van der Waals surface area contributed by atoms with Crippen LogP contribution < -0.4 is 10.6 Å². The second kappa shape index (κ2) is 18.4. The molecular formula is C34H55N3O4. The molecule has 1 aromatic carbocycles. The summed E-state index contributed by atoms with van der Waals surface area (Å²) in [4.78, 5) is 42.8. The van der Waals surface area contributed by atoms with E-state index >= 15 is 0 Å². The van der Waals surface area contributed by atoms with Gasteiger partial charge in [-0.1, -0.05) is 90.3 Å². The van der Waals surface area contributed by atoms with Gasteiger partial charge in [0.15, 0.2) is 0 Å². The molecule has 0 saturated heterocycles. The molecule has 7 nitrogen and oxygen atoms in total. The third-order valence-electron chi connectivity index (χ3n) is 6.81. The predicted octanol–water partition coefficient (Wildman–Crippen LogP) is 7.14. The van der Waals surface area contributed by atoms with E-state index in [0.29, 0.717) is 24.1 Å². The van der Waals surface area contributed by atoms with Gasteiger partial charge in [-0.05, 0) is 64.5 Å². The number of nitrogens with zero attached hydrogens (tertiary/aromatic N) is 1. The van der Waals surface area contributed by atoms with Gasteiger partial charge < -0.3 is 20.3 Å². The van der Waals surface area contributed by atoms with E-state index < -0.39 is 23.8 Å². The van der Waals surface area contributed by atoms with Gasteiger partial charge in [0.25, 0.3) is 0 Å². The third-order valence-corrected chi connectivity index (χ3v) is 6.81. The summed E-state index contributed by atoms with van der Waals surface area (Å²) in [5.74, 6) is 2.24. The molecule has 230 valence electrons. The van der Waals surface area contributed by atoms with E-state index in [4.69, 9.17) is 11.2 Å². The first-order valence-corrected chi connectivity index (χ1v) is 15.5. The number of carbonyl (C=O) groups excluding carboxylic acids is 3. The molecule has 0 aliphatic carbocycles. The Kier molecular flexibility index (Phi) is 16.2. The van der Waals surface area contributed by atoms with Gasteiger partial charge in [0.1, 0.15) is 17.7 Å². The summed E-state index contributed by atoms with van der Waals surface area (Å²) < 4.78 is 5.50. The van der Waals surface area contributed by atoms with Crippen LogP contribution in [-0.4, -0.2) is 47.0 Å². The van der Waals surface area contributed by atoms with E-state index in [1.54, 1.807) is 31.7 Å². The molecule has 0 bridgehead atoms. The van der Waals surface area contributed by atoms with Gasteiger partial charge in [0.2, 0.25) is 11.8 Å². The molecule has 3 amide bonds. The number of hydrogen-bond donors (Lipinski definition) is 2. The molecule has 0 aliphatic rings. The van der Waals surface area contributed by atoms with Crippen LogP contribution in [0.5, 0.6) is 0 Å². The van der Waals surface area contributed by atoms with Gasteiger partial charge in [-0.25, -0.2) is 4.79 Å². The van der Waals surface area contributed by atoms with E-state index in [1.165, 1.54) is 6.42 Å². The zero-order valence-electron chi connectivity index (χ0n) is 26.8. The van der Waals surface area contributed by atoms with E-state index in [2.05, 4.69) is 30.4 Å². The van der Waals surface area contributed by atoms with Crippen molar-refractivity contribution in [1.82, 2.24) is 15.5 Å². The average Bonchev–Trinajstić information content (AvgIpc) is 2.88. The topological polar surface area (TPSA) is 87.7 Å². The van der Waals surface area contributed by atoms with Crippen molar-refractivity contribution in [3.8, 4) is 12.3 Å². The normalized spacial score (nSPS) is 13.6. The molecule has 0 aromatic heterocycles. The molecule has 0 saturated carbocycles. The minimum Gasteiger partial charge on any atom is -0.444 e. The van der Waals surface area contributed by atoms with Crippen molar-refractivity contribution >= 4 is 17.9 Å². The van der Waals surface area contributed by atoms with Crippen LogP contribution >= 0.6 is 0 Å². The summed E-state index contributed by atoms with van der Waals surface area (Å²) in [6, 6.07) is 5.44. The molecule has 0 heterocycles. The minimum absolute atomic E-state index is 0.0645. The smallest absolute Gasteiger partial charge is 0.408 e. The highest BCUT2D eigenvalue weighted by Gasteiger charge is 2.37. The van der Waals surface area contributed by atoms with Crippen LogP contribution in [0.15, 0.2) is 24.3 Å². The number of amides is 3. The summed E-state index contributed by atoms with van der Waals surface area (Å²) >= 11 is 0. The van der Waals surface area contributed by atoms with Crippen LogP contribution in [0.4, 0.5) is 4.79 Å². The maximum Gasteiger partial charge on any atom is 0.408 e. The van der Waals surface area contributed by atoms with E-state index in [0.717, 1.165) is 44.9 Å². The van der Waals surface area contributed by atoms with Crippen LogP contribution in [0.3, 0.4) is 0 Å². The van der Waals surface area contributed by atoms with E-state index in [-0.39, 0.29) is 23.8 Å². The van der Waals surface area contributed by atoms with Gasteiger partial charge in [-0.2, -0.15) is 0 Å². The maximum absolute atomic E-state index is 14.4. The second-order valence-electron chi connectivity index (χ2n) is 12.5.